The van der Waals surface area contributed by atoms with Crippen LogP contribution in [0, 0.1) is 13.8 Å². The predicted octanol–water partition coefficient (Wildman–Crippen LogP) is 5.14. The quantitative estimate of drug-likeness (QED) is 0.775. The zero-order valence-corrected chi connectivity index (χ0v) is 14.5. The molecule has 2 rings (SSSR count). The van der Waals surface area contributed by atoms with Gasteiger partial charge in [0.25, 0.3) is 0 Å². The molecule has 19 heavy (non-hydrogen) atoms. The first-order chi connectivity index (χ1) is 9.04. The number of hydrogen-bond acceptors (Lipinski definition) is 1. The van der Waals surface area contributed by atoms with Gasteiger partial charge >= 0.3 is 0 Å². The van der Waals surface area contributed by atoms with Crippen molar-refractivity contribution in [1.29, 1.82) is 0 Å². The number of halogens is 2. The molecular weight excluding hydrogens is 366 g/mol. The summed E-state index contributed by atoms with van der Waals surface area (Å²) in [6.07, 6.45) is 0. The van der Waals surface area contributed by atoms with Crippen LogP contribution in [0.3, 0.4) is 0 Å². The van der Waals surface area contributed by atoms with Gasteiger partial charge in [0, 0.05) is 8.95 Å². The standard InChI is InChI=1S/C16H17Br2N/c1-10-5-4-6-13(11(10)2)16(19-3)14-9-12(17)7-8-15(14)18/h4-9,16,19H,1-3H3. The molecule has 0 fully saturated rings. The lowest BCUT2D eigenvalue weighted by atomic mass is 9.93. The normalized spacial score (nSPS) is 12.5. The molecule has 0 saturated carbocycles. The Morgan fingerprint density at radius 2 is 1.74 bits per heavy atom. The second kappa shape index (κ2) is 6.21. The van der Waals surface area contributed by atoms with E-state index in [9.17, 15) is 0 Å². The van der Waals surface area contributed by atoms with Gasteiger partial charge in [0.2, 0.25) is 0 Å². The molecule has 0 aliphatic carbocycles. The molecule has 3 heteroatoms. The van der Waals surface area contributed by atoms with Crippen molar-refractivity contribution in [2.45, 2.75) is 19.9 Å². The van der Waals surface area contributed by atoms with Gasteiger partial charge in [-0.15, -0.1) is 0 Å². The van der Waals surface area contributed by atoms with Crippen molar-refractivity contribution in [3.8, 4) is 0 Å². The average molecular weight is 383 g/mol. The van der Waals surface area contributed by atoms with E-state index < -0.39 is 0 Å². The highest BCUT2D eigenvalue weighted by Crippen LogP contribution is 2.32. The first-order valence-corrected chi connectivity index (χ1v) is 7.81. The van der Waals surface area contributed by atoms with E-state index in [1.807, 2.05) is 13.1 Å². The Kier molecular flexibility index (Phi) is 4.82. The highest BCUT2D eigenvalue weighted by molar-refractivity contribution is 9.11. The zero-order chi connectivity index (χ0) is 14.0. The molecule has 2 aromatic carbocycles. The Morgan fingerprint density at radius 1 is 1.00 bits per heavy atom. The number of benzene rings is 2. The molecule has 1 N–H and O–H groups in total. The molecule has 0 bridgehead atoms. The molecule has 2 aromatic rings. The Bertz CT molecular complexity index is 591. The summed E-state index contributed by atoms with van der Waals surface area (Å²) in [4.78, 5) is 0. The molecular formula is C16H17Br2N. The van der Waals surface area contributed by atoms with Gasteiger partial charge < -0.3 is 5.32 Å². The monoisotopic (exact) mass is 381 g/mol. The fourth-order valence-corrected chi connectivity index (χ4v) is 3.16. The molecule has 0 amide bonds. The third kappa shape index (κ3) is 3.10. The molecule has 0 aromatic heterocycles. The van der Waals surface area contributed by atoms with Crippen LogP contribution in [0.4, 0.5) is 0 Å². The Hall–Kier alpha value is -0.640. The minimum Gasteiger partial charge on any atom is -0.309 e. The fourth-order valence-electron chi connectivity index (χ4n) is 2.30. The summed E-state index contributed by atoms with van der Waals surface area (Å²) < 4.78 is 2.22. The fraction of sp³-hybridized carbons (Fsp3) is 0.250. The van der Waals surface area contributed by atoms with Crippen LogP contribution in [0.15, 0.2) is 45.3 Å². The molecule has 0 radical (unpaired) electrons. The van der Waals surface area contributed by atoms with Crippen molar-refractivity contribution in [1.82, 2.24) is 5.32 Å². The van der Waals surface area contributed by atoms with Gasteiger partial charge in [-0.1, -0.05) is 50.1 Å². The molecule has 1 atom stereocenters. The van der Waals surface area contributed by atoms with E-state index in [1.165, 1.54) is 22.3 Å². The summed E-state index contributed by atoms with van der Waals surface area (Å²) >= 11 is 7.20. The molecule has 0 heterocycles. The molecule has 100 valence electrons. The van der Waals surface area contributed by atoms with Crippen LogP contribution in [0.1, 0.15) is 28.3 Å². The van der Waals surface area contributed by atoms with Gasteiger partial charge in [0.15, 0.2) is 0 Å². The lowest BCUT2D eigenvalue weighted by Gasteiger charge is -2.22. The summed E-state index contributed by atoms with van der Waals surface area (Å²) in [6, 6.07) is 12.9. The van der Waals surface area contributed by atoms with Gasteiger partial charge in [-0.05, 0) is 61.3 Å². The first-order valence-electron chi connectivity index (χ1n) is 6.23. The predicted molar refractivity (Wildman–Crippen MR) is 88.7 cm³/mol. The van der Waals surface area contributed by atoms with Crippen LogP contribution in [-0.2, 0) is 0 Å². The molecule has 0 saturated heterocycles. The summed E-state index contributed by atoms with van der Waals surface area (Å²) in [5, 5.41) is 3.42. The van der Waals surface area contributed by atoms with Crippen molar-refractivity contribution < 1.29 is 0 Å². The van der Waals surface area contributed by atoms with Gasteiger partial charge in [-0.2, -0.15) is 0 Å². The second-order valence-corrected chi connectivity index (χ2v) is 6.45. The van der Waals surface area contributed by atoms with Crippen LogP contribution in [-0.4, -0.2) is 7.05 Å². The zero-order valence-electron chi connectivity index (χ0n) is 11.3. The van der Waals surface area contributed by atoms with Crippen LogP contribution in [0.2, 0.25) is 0 Å². The lowest BCUT2D eigenvalue weighted by Crippen LogP contribution is -2.19. The van der Waals surface area contributed by atoms with Gasteiger partial charge in [0.1, 0.15) is 0 Å². The molecule has 0 aliphatic rings. The van der Waals surface area contributed by atoms with Crippen LogP contribution < -0.4 is 5.32 Å². The average Bonchev–Trinajstić information content (AvgIpc) is 2.39. The second-order valence-electron chi connectivity index (χ2n) is 4.68. The first kappa shape index (κ1) is 14.8. The number of rotatable bonds is 3. The lowest BCUT2D eigenvalue weighted by molar-refractivity contribution is 0.683. The van der Waals surface area contributed by atoms with Crippen LogP contribution in [0.25, 0.3) is 0 Å². The van der Waals surface area contributed by atoms with Crippen molar-refractivity contribution in [2.24, 2.45) is 0 Å². The van der Waals surface area contributed by atoms with Gasteiger partial charge in [-0.3, -0.25) is 0 Å². The maximum Gasteiger partial charge on any atom is 0.0588 e. The molecule has 1 nitrogen and oxygen atoms in total. The van der Waals surface area contributed by atoms with E-state index >= 15 is 0 Å². The number of nitrogens with one attached hydrogen (secondary N) is 1. The third-order valence-corrected chi connectivity index (χ3v) is 4.73. The van der Waals surface area contributed by atoms with Crippen molar-refractivity contribution >= 4 is 31.9 Å². The summed E-state index contributed by atoms with van der Waals surface area (Å²) in [7, 11) is 2.00. The highest BCUT2D eigenvalue weighted by atomic mass is 79.9. The molecule has 0 aliphatic heterocycles. The SMILES string of the molecule is CNC(c1cc(Br)ccc1Br)c1cccc(C)c1C. The van der Waals surface area contributed by atoms with Crippen LogP contribution in [0.5, 0.6) is 0 Å². The Labute approximate surface area is 131 Å². The summed E-state index contributed by atoms with van der Waals surface area (Å²) in [5.41, 5.74) is 5.23. The molecule has 0 spiro atoms. The summed E-state index contributed by atoms with van der Waals surface area (Å²) in [5.74, 6) is 0. The van der Waals surface area contributed by atoms with E-state index in [0.29, 0.717) is 0 Å². The maximum atomic E-state index is 3.65. The van der Waals surface area contributed by atoms with Gasteiger partial charge in [-0.25, -0.2) is 0 Å². The van der Waals surface area contributed by atoms with E-state index in [0.717, 1.165) is 8.95 Å². The van der Waals surface area contributed by atoms with Crippen LogP contribution >= 0.6 is 31.9 Å². The van der Waals surface area contributed by atoms with Crippen molar-refractivity contribution in [2.75, 3.05) is 7.05 Å². The third-order valence-electron chi connectivity index (χ3n) is 3.52. The highest BCUT2D eigenvalue weighted by Gasteiger charge is 2.17. The molecule has 1 unspecified atom stereocenters. The van der Waals surface area contributed by atoms with E-state index in [2.05, 4.69) is 81.4 Å². The van der Waals surface area contributed by atoms with E-state index in [1.54, 1.807) is 0 Å². The minimum absolute atomic E-state index is 0.187. The van der Waals surface area contributed by atoms with Crippen molar-refractivity contribution in [3.05, 3.63) is 67.6 Å². The van der Waals surface area contributed by atoms with E-state index in [-0.39, 0.29) is 6.04 Å². The smallest absolute Gasteiger partial charge is 0.0588 e. The number of aryl methyl sites for hydroxylation is 1. The largest absolute Gasteiger partial charge is 0.309 e. The summed E-state index contributed by atoms with van der Waals surface area (Å²) in [6.45, 7) is 4.34. The van der Waals surface area contributed by atoms with Gasteiger partial charge in [0.05, 0.1) is 6.04 Å². The Balaban J connectivity index is 2.56. The minimum atomic E-state index is 0.187. The topological polar surface area (TPSA) is 12.0 Å². The Morgan fingerprint density at radius 3 is 2.42 bits per heavy atom. The van der Waals surface area contributed by atoms with Crippen molar-refractivity contribution in [3.63, 3.8) is 0 Å². The maximum absolute atomic E-state index is 3.65. The van der Waals surface area contributed by atoms with E-state index in [4.69, 9.17) is 0 Å². The number of hydrogen-bond donors (Lipinski definition) is 1.